The molecule has 1 saturated carbocycles. The van der Waals surface area contributed by atoms with Gasteiger partial charge in [-0.15, -0.1) is 0 Å². The SMILES string of the molecule is O=c1c2ccccc2nc(C2CCCN2Cc2cnoc2)n1C1CCCC1. The standard InChI is InChI=1S/C21H24N4O2/c26-21-17-8-3-4-9-18(17)23-20(25(21)16-6-1-2-7-16)19-10-5-11-24(19)13-15-12-22-27-14-15/h3-4,8-9,12,14,16,19H,1-2,5-7,10-11,13H2. The van der Waals surface area contributed by atoms with Gasteiger partial charge in [0.1, 0.15) is 12.1 Å². The summed E-state index contributed by atoms with van der Waals surface area (Å²) in [6, 6.07) is 8.20. The first-order valence-corrected chi connectivity index (χ1v) is 9.95. The van der Waals surface area contributed by atoms with Gasteiger partial charge in [-0.05, 0) is 44.4 Å². The minimum atomic E-state index is 0.124. The van der Waals surface area contributed by atoms with Crippen LogP contribution in [-0.4, -0.2) is 26.2 Å². The van der Waals surface area contributed by atoms with E-state index in [-0.39, 0.29) is 17.6 Å². The molecular weight excluding hydrogens is 340 g/mol. The van der Waals surface area contributed by atoms with E-state index in [1.54, 1.807) is 12.5 Å². The monoisotopic (exact) mass is 364 g/mol. The molecular formula is C21H24N4O2. The molecule has 2 fully saturated rings. The lowest BCUT2D eigenvalue weighted by atomic mass is 10.1. The second kappa shape index (κ2) is 6.93. The van der Waals surface area contributed by atoms with Crippen LogP contribution in [-0.2, 0) is 6.54 Å². The van der Waals surface area contributed by atoms with E-state index in [4.69, 9.17) is 9.51 Å². The zero-order valence-electron chi connectivity index (χ0n) is 15.4. The van der Waals surface area contributed by atoms with Gasteiger partial charge in [0, 0.05) is 18.2 Å². The fourth-order valence-corrected chi connectivity index (χ4v) is 4.76. The number of fused-ring (bicyclic) bond motifs is 1. The van der Waals surface area contributed by atoms with E-state index in [1.165, 1.54) is 12.8 Å². The second-order valence-electron chi connectivity index (χ2n) is 7.76. The van der Waals surface area contributed by atoms with Crippen LogP contribution in [0.5, 0.6) is 0 Å². The molecule has 0 bridgehead atoms. The summed E-state index contributed by atoms with van der Waals surface area (Å²) in [5, 5.41) is 4.56. The summed E-state index contributed by atoms with van der Waals surface area (Å²) in [6.45, 7) is 1.78. The fourth-order valence-electron chi connectivity index (χ4n) is 4.76. The first kappa shape index (κ1) is 16.7. The average molecular weight is 364 g/mol. The number of para-hydroxylation sites is 1. The summed E-state index contributed by atoms with van der Waals surface area (Å²) < 4.78 is 7.03. The molecule has 1 aliphatic carbocycles. The Morgan fingerprint density at radius 3 is 2.78 bits per heavy atom. The van der Waals surface area contributed by atoms with Gasteiger partial charge in [-0.1, -0.05) is 30.1 Å². The molecule has 1 saturated heterocycles. The van der Waals surface area contributed by atoms with Crippen LogP contribution < -0.4 is 5.56 Å². The van der Waals surface area contributed by atoms with Crippen molar-refractivity contribution in [1.29, 1.82) is 0 Å². The number of rotatable bonds is 4. The van der Waals surface area contributed by atoms with Crippen molar-refractivity contribution in [3.8, 4) is 0 Å². The number of aromatic nitrogens is 3. The van der Waals surface area contributed by atoms with E-state index in [1.807, 2.05) is 28.8 Å². The van der Waals surface area contributed by atoms with Crippen molar-refractivity contribution < 1.29 is 4.52 Å². The number of likely N-dealkylation sites (tertiary alicyclic amines) is 1. The predicted molar refractivity (Wildman–Crippen MR) is 102 cm³/mol. The smallest absolute Gasteiger partial charge is 0.261 e. The third-order valence-electron chi connectivity index (χ3n) is 6.06. The summed E-state index contributed by atoms with van der Waals surface area (Å²) in [5.41, 5.74) is 2.00. The summed E-state index contributed by atoms with van der Waals surface area (Å²) in [5.74, 6) is 0.944. The minimum absolute atomic E-state index is 0.124. The quantitative estimate of drug-likeness (QED) is 0.704. The molecule has 3 heterocycles. The molecule has 0 radical (unpaired) electrons. The summed E-state index contributed by atoms with van der Waals surface area (Å²) in [7, 11) is 0. The fraction of sp³-hybridized carbons (Fsp3) is 0.476. The van der Waals surface area contributed by atoms with Crippen LogP contribution in [0.3, 0.4) is 0 Å². The van der Waals surface area contributed by atoms with Gasteiger partial charge in [-0.25, -0.2) is 4.98 Å². The molecule has 1 unspecified atom stereocenters. The number of nitrogens with zero attached hydrogens (tertiary/aromatic N) is 4. The van der Waals surface area contributed by atoms with Crippen molar-refractivity contribution in [3.05, 3.63) is 58.5 Å². The van der Waals surface area contributed by atoms with Crippen molar-refractivity contribution in [3.63, 3.8) is 0 Å². The lowest BCUT2D eigenvalue weighted by Crippen LogP contribution is -2.33. The molecule has 2 aromatic heterocycles. The Kier molecular flexibility index (Phi) is 4.28. The van der Waals surface area contributed by atoms with E-state index in [0.29, 0.717) is 0 Å². The Hall–Kier alpha value is -2.47. The maximum Gasteiger partial charge on any atom is 0.261 e. The molecule has 6 nitrogen and oxygen atoms in total. The van der Waals surface area contributed by atoms with Gasteiger partial charge < -0.3 is 4.52 Å². The molecule has 6 heteroatoms. The van der Waals surface area contributed by atoms with Crippen LogP contribution in [0.2, 0.25) is 0 Å². The Morgan fingerprint density at radius 2 is 1.96 bits per heavy atom. The van der Waals surface area contributed by atoms with E-state index in [0.717, 1.165) is 61.1 Å². The summed E-state index contributed by atoms with van der Waals surface area (Å²) in [6.07, 6.45) is 10.2. The predicted octanol–water partition coefficient (Wildman–Crippen LogP) is 3.84. The highest BCUT2D eigenvalue weighted by atomic mass is 16.5. The molecule has 5 rings (SSSR count). The molecule has 3 aromatic rings. The number of hydrogen-bond donors (Lipinski definition) is 0. The Labute approximate surface area is 157 Å². The Morgan fingerprint density at radius 1 is 1.11 bits per heavy atom. The average Bonchev–Trinajstić information content (AvgIpc) is 3.45. The first-order valence-electron chi connectivity index (χ1n) is 9.95. The van der Waals surface area contributed by atoms with Crippen molar-refractivity contribution in [2.45, 2.75) is 57.2 Å². The molecule has 0 N–H and O–H groups in total. The van der Waals surface area contributed by atoms with Crippen molar-refractivity contribution in [2.24, 2.45) is 0 Å². The van der Waals surface area contributed by atoms with Gasteiger partial charge in [-0.2, -0.15) is 0 Å². The van der Waals surface area contributed by atoms with Crippen LogP contribution in [0.15, 0.2) is 46.0 Å². The summed E-state index contributed by atoms with van der Waals surface area (Å²) in [4.78, 5) is 20.8. The van der Waals surface area contributed by atoms with Crippen LogP contribution in [0.1, 0.15) is 62.0 Å². The van der Waals surface area contributed by atoms with Crippen LogP contribution in [0.4, 0.5) is 0 Å². The largest absolute Gasteiger partial charge is 0.364 e. The normalized spacial score (nSPS) is 21.4. The molecule has 0 spiro atoms. The lowest BCUT2D eigenvalue weighted by molar-refractivity contribution is 0.228. The van der Waals surface area contributed by atoms with Gasteiger partial charge in [-0.3, -0.25) is 14.3 Å². The Bertz CT molecular complexity index is 989. The van der Waals surface area contributed by atoms with Crippen LogP contribution >= 0.6 is 0 Å². The van der Waals surface area contributed by atoms with Crippen molar-refractivity contribution >= 4 is 10.9 Å². The molecule has 140 valence electrons. The van der Waals surface area contributed by atoms with Gasteiger partial charge >= 0.3 is 0 Å². The van der Waals surface area contributed by atoms with Gasteiger partial charge in [0.25, 0.3) is 5.56 Å². The van der Waals surface area contributed by atoms with E-state index in [9.17, 15) is 4.79 Å². The molecule has 1 aromatic carbocycles. The molecule has 0 amide bonds. The van der Waals surface area contributed by atoms with Crippen LogP contribution in [0.25, 0.3) is 10.9 Å². The van der Waals surface area contributed by atoms with E-state index >= 15 is 0 Å². The van der Waals surface area contributed by atoms with Crippen LogP contribution in [0, 0.1) is 0 Å². The van der Waals surface area contributed by atoms with E-state index in [2.05, 4.69) is 10.1 Å². The lowest BCUT2D eigenvalue weighted by Gasteiger charge is -2.28. The van der Waals surface area contributed by atoms with E-state index < -0.39 is 0 Å². The molecule has 27 heavy (non-hydrogen) atoms. The maximum absolute atomic E-state index is 13.4. The molecule has 1 atom stereocenters. The van der Waals surface area contributed by atoms with Gasteiger partial charge in [0.15, 0.2) is 0 Å². The third-order valence-corrected chi connectivity index (χ3v) is 6.06. The first-order chi connectivity index (χ1) is 13.3. The highest BCUT2D eigenvalue weighted by Crippen LogP contribution is 2.36. The highest BCUT2D eigenvalue weighted by Gasteiger charge is 2.33. The van der Waals surface area contributed by atoms with Gasteiger partial charge in [0.2, 0.25) is 0 Å². The number of benzene rings is 1. The van der Waals surface area contributed by atoms with Crippen molar-refractivity contribution in [1.82, 2.24) is 19.6 Å². The maximum atomic E-state index is 13.4. The number of hydrogen-bond acceptors (Lipinski definition) is 5. The second-order valence-corrected chi connectivity index (χ2v) is 7.76. The zero-order chi connectivity index (χ0) is 18.2. The van der Waals surface area contributed by atoms with Crippen molar-refractivity contribution in [2.75, 3.05) is 6.54 Å². The zero-order valence-corrected chi connectivity index (χ0v) is 15.4. The summed E-state index contributed by atoms with van der Waals surface area (Å²) >= 11 is 0. The third kappa shape index (κ3) is 2.98. The Balaban J connectivity index is 1.62. The minimum Gasteiger partial charge on any atom is -0.364 e. The topological polar surface area (TPSA) is 64.2 Å². The molecule has 2 aliphatic rings. The van der Waals surface area contributed by atoms with Gasteiger partial charge in [0.05, 0.1) is 23.1 Å². The molecule has 1 aliphatic heterocycles. The highest BCUT2D eigenvalue weighted by molar-refractivity contribution is 5.77.